The topological polar surface area (TPSA) is 53.1 Å². The third kappa shape index (κ3) is 5.08. The molecule has 6 nitrogen and oxygen atoms in total. The van der Waals surface area contributed by atoms with Crippen LogP contribution in [0.25, 0.3) is 0 Å². The number of fused-ring (bicyclic) bond motifs is 1. The molecule has 2 amide bonds. The summed E-state index contributed by atoms with van der Waals surface area (Å²) in [5.74, 6) is 0.956. The van der Waals surface area contributed by atoms with Gasteiger partial charge < -0.3 is 14.5 Å². The number of methoxy groups -OCH3 is 1. The summed E-state index contributed by atoms with van der Waals surface area (Å²) in [6, 6.07) is 17.8. The molecule has 0 N–H and O–H groups in total. The van der Waals surface area contributed by atoms with Crippen LogP contribution >= 0.6 is 27.3 Å². The molecule has 3 aromatic rings. The van der Waals surface area contributed by atoms with E-state index >= 15 is 0 Å². The Balaban J connectivity index is 1.28. The first-order valence-corrected chi connectivity index (χ1v) is 13.9. The summed E-state index contributed by atoms with van der Waals surface area (Å²) in [6.07, 6.45) is 0.957. The molecule has 188 valence electrons. The van der Waals surface area contributed by atoms with E-state index in [0.29, 0.717) is 31.7 Å². The van der Waals surface area contributed by atoms with E-state index in [9.17, 15) is 9.59 Å². The predicted molar refractivity (Wildman–Crippen MR) is 146 cm³/mol. The molecule has 2 aromatic carbocycles. The molecule has 2 aliphatic rings. The number of ether oxygens (including phenoxy) is 1. The summed E-state index contributed by atoms with van der Waals surface area (Å²) in [5.41, 5.74) is 3.13. The van der Waals surface area contributed by atoms with Crippen molar-refractivity contribution in [3.63, 3.8) is 0 Å². The Kier molecular flexibility index (Phi) is 7.46. The fraction of sp³-hybridized carbons (Fsp3) is 0.357. The van der Waals surface area contributed by atoms with Gasteiger partial charge in [-0.25, -0.2) is 0 Å². The number of amides is 2. The lowest BCUT2D eigenvalue weighted by Gasteiger charge is -2.42. The largest absolute Gasteiger partial charge is 0.497 e. The van der Waals surface area contributed by atoms with Crippen LogP contribution in [0.4, 0.5) is 0 Å². The van der Waals surface area contributed by atoms with Crippen molar-refractivity contribution in [3.8, 4) is 5.75 Å². The molecule has 0 saturated carbocycles. The lowest BCUT2D eigenvalue weighted by Crippen LogP contribution is -2.57. The molecule has 2 atom stereocenters. The fourth-order valence-corrected chi connectivity index (χ4v) is 6.57. The molecule has 0 aliphatic carbocycles. The van der Waals surface area contributed by atoms with Crippen molar-refractivity contribution in [1.82, 2.24) is 14.7 Å². The van der Waals surface area contributed by atoms with E-state index in [1.807, 2.05) is 53.1 Å². The molecule has 36 heavy (non-hydrogen) atoms. The minimum absolute atomic E-state index is 0.0106. The maximum atomic E-state index is 13.5. The van der Waals surface area contributed by atoms with Crippen LogP contribution in [0.15, 0.2) is 64.5 Å². The Hall–Kier alpha value is -2.68. The maximum absolute atomic E-state index is 13.5. The highest BCUT2D eigenvalue weighted by Crippen LogP contribution is 2.38. The zero-order chi connectivity index (χ0) is 25.2. The first kappa shape index (κ1) is 25.0. The highest BCUT2D eigenvalue weighted by atomic mass is 79.9. The summed E-state index contributed by atoms with van der Waals surface area (Å²) >= 11 is 5.24. The summed E-state index contributed by atoms with van der Waals surface area (Å²) in [5, 5.41) is 2.15. The number of carbonyl (C=O) groups is 2. The van der Waals surface area contributed by atoms with Crippen LogP contribution in [0.5, 0.6) is 5.75 Å². The number of rotatable bonds is 5. The monoisotopic (exact) mass is 567 g/mol. The molecule has 2 unspecified atom stereocenters. The van der Waals surface area contributed by atoms with Gasteiger partial charge in [0.1, 0.15) is 5.75 Å². The van der Waals surface area contributed by atoms with E-state index in [0.717, 1.165) is 23.2 Å². The summed E-state index contributed by atoms with van der Waals surface area (Å²) in [4.78, 5) is 34.1. The number of halogens is 1. The first-order valence-electron chi connectivity index (χ1n) is 12.2. The van der Waals surface area contributed by atoms with Crippen molar-refractivity contribution in [2.24, 2.45) is 0 Å². The van der Waals surface area contributed by atoms with Crippen LogP contribution in [0.3, 0.4) is 0 Å². The van der Waals surface area contributed by atoms with Gasteiger partial charge in [0.25, 0.3) is 5.91 Å². The number of hydrogen-bond donors (Lipinski definition) is 0. The van der Waals surface area contributed by atoms with E-state index in [1.54, 1.807) is 18.4 Å². The van der Waals surface area contributed by atoms with Crippen molar-refractivity contribution in [3.05, 3.63) is 86.0 Å². The normalized spacial score (nSPS) is 20.2. The maximum Gasteiger partial charge on any atom is 0.254 e. The van der Waals surface area contributed by atoms with Gasteiger partial charge >= 0.3 is 0 Å². The van der Waals surface area contributed by atoms with E-state index in [1.165, 1.54) is 16.0 Å². The molecule has 8 heteroatoms. The van der Waals surface area contributed by atoms with Crippen LogP contribution in [0.2, 0.25) is 0 Å². The van der Waals surface area contributed by atoms with Gasteiger partial charge in [0, 0.05) is 47.1 Å². The van der Waals surface area contributed by atoms with Gasteiger partial charge in [-0.2, -0.15) is 0 Å². The van der Waals surface area contributed by atoms with Crippen LogP contribution in [0.1, 0.15) is 39.3 Å². The highest BCUT2D eigenvalue weighted by Gasteiger charge is 2.34. The summed E-state index contributed by atoms with van der Waals surface area (Å²) in [6.45, 7) is 4.85. The van der Waals surface area contributed by atoms with E-state index in [4.69, 9.17) is 4.74 Å². The highest BCUT2D eigenvalue weighted by molar-refractivity contribution is 9.10. The van der Waals surface area contributed by atoms with Crippen molar-refractivity contribution in [2.45, 2.75) is 25.4 Å². The Morgan fingerprint density at radius 2 is 1.89 bits per heavy atom. The Bertz CT molecular complexity index is 1240. The van der Waals surface area contributed by atoms with Gasteiger partial charge in [-0.1, -0.05) is 34.1 Å². The fourth-order valence-electron chi connectivity index (χ4n) is 5.26. The zero-order valence-corrected chi connectivity index (χ0v) is 22.9. The number of nitrogens with zero attached hydrogens (tertiary/aromatic N) is 3. The Morgan fingerprint density at radius 3 is 2.61 bits per heavy atom. The van der Waals surface area contributed by atoms with Crippen molar-refractivity contribution < 1.29 is 14.3 Å². The van der Waals surface area contributed by atoms with Crippen LogP contribution < -0.4 is 4.74 Å². The van der Waals surface area contributed by atoms with Gasteiger partial charge in [-0.3, -0.25) is 14.5 Å². The predicted octanol–water partition coefficient (Wildman–Crippen LogP) is 4.84. The molecule has 3 heterocycles. The van der Waals surface area contributed by atoms with E-state index in [2.05, 4.69) is 44.4 Å². The minimum atomic E-state index is -0.0450. The quantitative estimate of drug-likeness (QED) is 0.442. The molecule has 0 spiro atoms. The van der Waals surface area contributed by atoms with E-state index < -0.39 is 0 Å². The Morgan fingerprint density at radius 1 is 1.08 bits per heavy atom. The van der Waals surface area contributed by atoms with Crippen LogP contribution in [-0.4, -0.2) is 72.4 Å². The second kappa shape index (κ2) is 10.7. The minimum Gasteiger partial charge on any atom is -0.497 e. The molecule has 1 aromatic heterocycles. The van der Waals surface area contributed by atoms with Gasteiger partial charge in [-0.05, 0) is 66.2 Å². The van der Waals surface area contributed by atoms with Gasteiger partial charge in [0.2, 0.25) is 5.91 Å². The standard InChI is InChI=1S/C28H30BrN3O3S/c1-19-17-30(13-14-32(19)28(34)21-4-3-5-22(29)16-21)26(33)18-31-12-10-25-24(11-15-36-25)27(31)20-6-8-23(35-2)9-7-20/h3-9,11,15-16,19,27H,10,12-14,17-18H2,1-2H3. The smallest absolute Gasteiger partial charge is 0.254 e. The SMILES string of the molecule is COc1ccc(C2c3ccsc3CCN2CC(=O)N2CCN(C(=O)c3cccc(Br)c3)C(C)C2)cc1. The molecule has 0 bridgehead atoms. The first-order chi connectivity index (χ1) is 17.4. The second-order valence-electron chi connectivity index (χ2n) is 9.39. The molecule has 2 aliphatic heterocycles. The van der Waals surface area contributed by atoms with Gasteiger partial charge in [0.05, 0.1) is 19.7 Å². The van der Waals surface area contributed by atoms with Crippen molar-refractivity contribution >= 4 is 39.1 Å². The second-order valence-corrected chi connectivity index (χ2v) is 11.3. The molecule has 0 radical (unpaired) electrons. The molecule has 1 fully saturated rings. The van der Waals surface area contributed by atoms with Crippen molar-refractivity contribution in [1.29, 1.82) is 0 Å². The Labute approximate surface area is 224 Å². The third-order valence-electron chi connectivity index (χ3n) is 7.15. The van der Waals surface area contributed by atoms with E-state index in [-0.39, 0.29) is 23.9 Å². The number of carbonyl (C=O) groups excluding carboxylic acids is 2. The van der Waals surface area contributed by atoms with Crippen LogP contribution in [-0.2, 0) is 11.2 Å². The zero-order valence-electron chi connectivity index (χ0n) is 20.5. The molecular weight excluding hydrogens is 538 g/mol. The number of hydrogen-bond acceptors (Lipinski definition) is 5. The third-order valence-corrected chi connectivity index (χ3v) is 8.64. The summed E-state index contributed by atoms with van der Waals surface area (Å²) < 4.78 is 6.23. The molecule has 1 saturated heterocycles. The summed E-state index contributed by atoms with van der Waals surface area (Å²) in [7, 11) is 1.67. The average Bonchev–Trinajstić information content (AvgIpc) is 3.37. The lowest BCUT2D eigenvalue weighted by molar-refractivity contribution is -0.135. The van der Waals surface area contributed by atoms with Crippen molar-refractivity contribution in [2.75, 3.05) is 39.8 Å². The number of benzene rings is 2. The lowest BCUT2D eigenvalue weighted by atomic mass is 9.93. The molecule has 5 rings (SSSR count). The number of thiophene rings is 1. The average molecular weight is 569 g/mol. The molecular formula is C28H30BrN3O3S. The van der Waals surface area contributed by atoms with Gasteiger partial charge in [0.15, 0.2) is 0 Å². The number of piperazine rings is 1. The van der Waals surface area contributed by atoms with Gasteiger partial charge in [-0.15, -0.1) is 11.3 Å². The van der Waals surface area contributed by atoms with Crippen LogP contribution in [0, 0.1) is 0 Å².